The van der Waals surface area contributed by atoms with Crippen LogP contribution in [0.5, 0.6) is 0 Å². The molecule has 0 saturated carbocycles. The predicted molar refractivity (Wildman–Crippen MR) is 90.3 cm³/mol. The van der Waals surface area contributed by atoms with Crippen LogP contribution in [-0.4, -0.2) is 16.0 Å². The molecular formula is C15H14Cl2N2O4. The van der Waals surface area contributed by atoms with E-state index in [1.807, 2.05) is 0 Å². The van der Waals surface area contributed by atoms with E-state index in [-0.39, 0.29) is 18.5 Å². The van der Waals surface area contributed by atoms with Crippen molar-refractivity contribution in [2.24, 2.45) is 0 Å². The second-order valence-electron chi connectivity index (χ2n) is 4.40. The summed E-state index contributed by atoms with van der Waals surface area (Å²) in [5.74, 6) is -1.02. The highest BCUT2D eigenvalue weighted by Gasteiger charge is 2.08. The number of aliphatic carboxylic acids is 1. The Morgan fingerprint density at radius 1 is 1.35 bits per heavy atom. The Labute approximate surface area is 142 Å². The number of nitrogens with zero attached hydrogens (tertiary/aromatic N) is 1. The topological polar surface area (TPSA) is 92.5 Å². The average molecular weight is 357 g/mol. The Morgan fingerprint density at radius 2 is 1.96 bits per heavy atom. The zero-order chi connectivity index (χ0) is 17.4. The van der Waals surface area contributed by atoms with Gasteiger partial charge in [-0.15, -0.1) is 0 Å². The minimum Gasteiger partial charge on any atom is -0.481 e. The lowest BCUT2D eigenvalue weighted by molar-refractivity contribution is -0.419. The summed E-state index contributed by atoms with van der Waals surface area (Å²) < 4.78 is 0. The van der Waals surface area contributed by atoms with E-state index < -0.39 is 10.9 Å². The molecule has 0 atom stereocenters. The summed E-state index contributed by atoms with van der Waals surface area (Å²) in [6, 6.07) is 4.96. The van der Waals surface area contributed by atoms with Crippen LogP contribution in [0.1, 0.15) is 12.8 Å². The molecule has 0 aliphatic heterocycles. The molecule has 0 fully saturated rings. The smallest absolute Gasteiger partial charge is 0.303 e. The SMILES string of the molecule is C=C(/C=C\C(=C/CCC(=O)O)[N+](=O)[O-])Nc1c(Cl)cccc1Cl. The zero-order valence-corrected chi connectivity index (χ0v) is 13.5. The van der Waals surface area contributed by atoms with E-state index in [2.05, 4.69) is 11.9 Å². The van der Waals surface area contributed by atoms with Gasteiger partial charge in [-0.1, -0.05) is 35.8 Å². The van der Waals surface area contributed by atoms with Crippen LogP contribution in [0.15, 0.2) is 54.4 Å². The van der Waals surface area contributed by atoms with Gasteiger partial charge < -0.3 is 10.4 Å². The van der Waals surface area contributed by atoms with Gasteiger partial charge in [-0.3, -0.25) is 14.9 Å². The molecule has 0 amide bonds. The first-order valence-electron chi connectivity index (χ1n) is 6.45. The second kappa shape index (κ2) is 8.97. The normalized spacial score (nSPS) is 11.5. The predicted octanol–water partition coefficient (Wildman–Crippen LogP) is 4.50. The van der Waals surface area contributed by atoms with E-state index in [1.54, 1.807) is 18.2 Å². The summed E-state index contributed by atoms with van der Waals surface area (Å²) in [7, 11) is 0. The number of anilines is 1. The first-order valence-corrected chi connectivity index (χ1v) is 7.21. The van der Waals surface area contributed by atoms with Crippen molar-refractivity contribution in [2.75, 3.05) is 5.32 Å². The van der Waals surface area contributed by atoms with E-state index in [0.717, 1.165) is 0 Å². The highest BCUT2D eigenvalue weighted by molar-refractivity contribution is 6.39. The summed E-state index contributed by atoms with van der Waals surface area (Å²) in [6.07, 6.45) is 3.73. The largest absolute Gasteiger partial charge is 0.481 e. The number of nitro groups is 1. The van der Waals surface area contributed by atoms with Crippen LogP contribution < -0.4 is 5.32 Å². The van der Waals surface area contributed by atoms with Crippen molar-refractivity contribution in [1.82, 2.24) is 0 Å². The molecule has 0 saturated heterocycles. The van der Waals surface area contributed by atoms with Crippen molar-refractivity contribution < 1.29 is 14.8 Å². The Morgan fingerprint density at radius 3 is 2.48 bits per heavy atom. The minimum absolute atomic E-state index is 0.0617. The minimum atomic E-state index is -1.02. The molecule has 122 valence electrons. The Kier molecular flexibility index (Phi) is 7.31. The molecule has 0 bridgehead atoms. The average Bonchev–Trinajstić information content (AvgIpc) is 2.46. The van der Waals surface area contributed by atoms with Crippen LogP contribution in [0, 0.1) is 10.1 Å². The lowest BCUT2D eigenvalue weighted by Crippen LogP contribution is -2.00. The molecule has 0 aliphatic carbocycles. The van der Waals surface area contributed by atoms with Gasteiger partial charge in [0.15, 0.2) is 0 Å². The number of nitrogens with one attached hydrogen (secondary N) is 1. The monoisotopic (exact) mass is 356 g/mol. The fourth-order valence-electron chi connectivity index (χ4n) is 1.55. The number of halogens is 2. The number of hydrogen-bond donors (Lipinski definition) is 2. The van der Waals surface area contributed by atoms with Gasteiger partial charge in [0.25, 0.3) is 5.70 Å². The van der Waals surface area contributed by atoms with Crippen molar-refractivity contribution >= 4 is 34.9 Å². The molecule has 0 radical (unpaired) electrons. The summed E-state index contributed by atoms with van der Waals surface area (Å²) in [4.78, 5) is 20.7. The molecule has 2 N–H and O–H groups in total. The van der Waals surface area contributed by atoms with Crippen molar-refractivity contribution in [1.29, 1.82) is 0 Å². The maximum absolute atomic E-state index is 10.9. The van der Waals surface area contributed by atoms with E-state index >= 15 is 0 Å². The maximum Gasteiger partial charge on any atom is 0.303 e. The molecule has 0 spiro atoms. The van der Waals surface area contributed by atoms with E-state index in [9.17, 15) is 14.9 Å². The zero-order valence-electron chi connectivity index (χ0n) is 12.0. The van der Waals surface area contributed by atoms with Gasteiger partial charge in [0, 0.05) is 18.2 Å². The summed E-state index contributed by atoms with van der Waals surface area (Å²) in [5, 5.41) is 23.1. The first kappa shape index (κ1) is 18.7. The Bertz CT molecular complexity index is 664. The summed E-state index contributed by atoms with van der Waals surface area (Å²) in [6.45, 7) is 3.71. The molecular weight excluding hydrogens is 343 g/mol. The lowest BCUT2D eigenvalue weighted by atomic mass is 10.2. The van der Waals surface area contributed by atoms with E-state index in [1.165, 1.54) is 18.2 Å². The van der Waals surface area contributed by atoms with Crippen molar-refractivity contribution in [2.45, 2.75) is 12.8 Å². The van der Waals surface area contributed by atoms with Gasteiger partial charge in [-0.25, -0.2) is 0 Å². The van der Waals surface area contributed by atoms with Crippen molar-refractivity contribution in [3.8, 4) is 0 Å². The van der Waals surface area contributed by atoms with Crippen LogP contribution in [0.4, 0.5) is 5.69 Å². The number of carboxylic acids is 1. The molecule has 8 heteroatoms. The molecule has 0 aliphatic rings. The molecule has 0 unspecified atom stereocenters. The number of rotatable bonds is 8. The number of carbonyl (C=O) groups is 1. The van der Waals surface area contributed by atoms with Gasteiger partial charge in [0.05, 0.1) is 20.7 Å². The third-order valence-electron chi connectivity index (χ3n) is 2.63. The fraction of sp³-hybridized carbons (Fsp3) is 0.133. The summed E-state index contributed by atoms with van der Waals surface area (Å²) >= 11 is 12.0. The highest BCUT2D eigenvalue weighted by Crippen LogP contribution is 2.30. The summed E-state index contributed by atoms with van der Waals surface area (Å²) in [5.41, 5.74) is 0.563. The molecule has 23 heavy (non-hydrogen) atoms. The standard InChI is InChI=1S/C15H14Cl2N2O4/c1-10(18-15-12(16)5-3-6-13(15)17)8-9-11(19(22)23)4-2-7-14(20)21/h3-6,8-9,18H,1-2,7H2,(H,20,21)/b9-8-,11-4+. The fourth-order valence-corrected chi connectivity index (χ4v) is 2.04. The number of para-hydroxylation sites is 1. The maximum atomic E-state index is 10.9. The quantitative estimate of drug-likeness (QED) is 0.406. The van der Waals surface area contributed by atoms with Gasteiger partial charge in [-0.2, -0.15) is 0 Å². The van der Waals surface area contributed by atoms with Gasteiger partial charge in [-0.05, 0) is 30.7 Å². The number of carboxylic acid groups (broad SMARTS) is 1. The van der Waals surface area contributed by atoms with Gasteiger partial charge >= 0.3 is 5.97 Å². The molecule has 1 aromatic carbocycles. The number of benzene rings is 1. The number of allylic oxidation sites excluding steroid dienone is 3. The molecule has 0 aromatic heterocycles. The van der Waals surface area contributed by atoms with Gasteiger partial charge in [0.2, 0.25) is 0 Å². The highest BCUT2D eigenvalue weighted by atomic mass is 35.5. The second-order valence-corrected chi connectivity index (χ2v) is 5.21. The molecule has 1 rings (SSSR count). The third-order valence-corrected chi connectivity index (χ3v) is 3.26. The molecule has 0 heterocycles. The van der Waals surface area contributed by atoms with Crippen LogP contribution in [0.25, 0.3) is 0 Å². The Hall–Kier alpha value is -2.31. The lowest BCUT2D eigenvalue weighted by Gasteiger charge is -2.09. The van der Waals surface area contributed by atoms with E-state index in [4.69, 9.17) is 28.3 Å². The van der Waals surface area contributed by atoms with Crippen LogP contribution in [-0.2, 0) is 4.79 Å². The first-order chi connectivity index (χ1) is 10.8. The molecule has 1 aromatic rings. The van der Waals surface area contributed by atoms with Crippen LogP contribution >= 0.6 is 23.2 Å². The molecule has 6 nitrogen and oxygen atoms in total. The van der Waals surface area contributed by atoms with Gasteiger partial charge in [0.1, 0.15) is 0 Å². The van der Waals surface area contributed by atoms with E-state index in [0.29, 0.717) is 21.4 Å². The van der Waals surface area contributed by atoms with Crippen molar-refractivity contribution in [3.05, 3.63) is 74.6 Å². The third kappa shape index (κ3) is 6.54. The van der Waals surface area contributed by atoms with Crippen molar-refractivity contribution in [3.63, 3.8) is 0 Å². The Balaban J connectivity index is 2.78. The number of hydrogen-bond acceptors (Lipinski definition) is 4. The van der Waals surface area contributed by atoms with Crippen LogP contribution in [0.3, 0.4) is 0 Å². The van der Waals surface area contributed by atoms with Crippen LogP contribution in [0.2, 0.25) is 10.0 Å².